The lowest BCUT2D eigenvalue weighted by molar-refractivity contribution is -0.142. The number of aliphatic carboxylic acids is 1. The van der Waals surface area contributed by atoms with E-state index in [4.69, 9.17) is 4.74 Å². The van der Waals surface area contributed by atoms with Crippen LogP contribution in [0.15, 0.2) is 84.9 Å². The largest absolute Gasteiger partial charge is 0.508 e. The molecule has 0 radical (unpaired) electrons. The fourth-order valence-electron chi connectivity index (χ4n) is 4.28. The molecule has 222 valence electrons. The normalized spacial score (nSPS) is 12.9. The van der Waals surface area contributed by atoms with Crippen molar-refractivity contribution in [3.63, 3.8) is 0 Å². The molecule has 5 N–H and O–H groups in total. The van der Waals surface area contributed by atoms with Crippen molar-refractivity contribution in [2.24, 2.45) is 5.92 Å². The number of rotatable bonds is 14. The van der Waals surface area contributed by atoms with Gasteiger partial charge >= 0.3 is 12.1 Å². The SMILES string of the molecule is CC(C)C[C@H](NC(=O)[C@H](Cc1ccccc1)NC(=O)[C@H](Cc1ccc(O)cc1)NC(=O)OCc1ccccc1)C(=O)O. The van der Waals surface area contributed by atoms with E-state index in [0.717, 1.165) is 11.1 Å². The van der Waals surface area contributed by atoms with Crippen LogP contribution in [0.2, 0.25) is 0 Å². The molecule has 3 aromatic rings. The molecule has 10 heteroatoms. The predicted molar refractivity (Wildman–Crippen MR) is 156 cm³/mol. The van der Waals surface area contributed by atoms with Gasteiger partial charge in [0.25, 0.3) is 0 Å². The Morgan fingerprint density at radius 1 is 0.667 bits per heavy atom. The van der Waals surface area contributed by atoms with E-state index in [-0.39, 0.29) is 37.5 Å². The summed E-state index contributed by atoms with van der Waals surface area (Å²) < 4.78 is 5.31. The summed E-state index contributed by atoms with van der Waals surface area (Å²) in [4.78, 5) is 51.5. The zero-order chi connectivity index (χ0) is 30.5. The first-order valence-electron chi connectivity index (χ1n) is 13.7. The number of carbonyl (C=O) groups excluding carboxylic acids is 3. The summed E-state index contributed by atoms with van der Waals surface area (Å²) in [6.45, 7) is 3.69. The quantitative estimate of drug-likeness (QED) is 0.197. The van der Waals surface area contributed by atoms with Crippen molar-refractivity contribution in [3.8, 4) is 5.75 Å². The number of phenolic OH excluding ortho intramolecular Hbond substituents is 1. The Balaban J connectivity index is 1.80. The number of alkyl carbamates (subject to hydrolysis) is 1. The number of carboxylic acid groups (broad SMARTS) is 1. The minimum absolute atomic E-state index is 0.00825. The molecule has 0 aliphatic heterocycles. The molecule has 0 unspecified atom stereocenters. The molecule has 0 spiro atoms. The number of hydrogen-bond acceptors (Lipinski definition) is 6. The molecule has 3 amide bonds. The number of hydrogen-bond donors (Lipinski definition) is 5. The molecule has 0 bridgehead atoms. The standard InChI is InChI=1S/C32H37N3O7/c1-21(2)17-28(31(39)40)34-29(37)26(18-22-9-5-3-6-10-22)33-30(38)27(19-23-13-15-25(36)16-14-23)35-32(41)42-20-24-11-7-4-8-12-24/h3-16,21,26-28,36H,17-20H2,1-2H3,(H,33,38)(H,34,37)(H,35,41)(H,39,40)/t26-,27-,28-/m0/s1. The van der Waals surface area contributed by atoms with Crippen molar-refractivity contribution in [3.05, 3.63) is 102 Å². The van der Waals surface area contributed by atoms with Gasteiger partial charge in [0.15, 0.2) is 0 Å². The highest BCUT2D eigenvalue weighted by molar-refractivity contribution is 5.93. The van der Waals surface area contributed by atoms with Crippen LogP contribution in [0.3, 0.4) is 0 Å². The van der Waals surface area contributed by atoms with Crippen LogP contribution in [0.4, 0.5) is 4.79 Å². The van der Waals surface area contributed by atoms with Gasteiger partial charge < -0.3 is 30.9 Å². The van der Waals surface area contributed by atoms with E-state index in [1.165, 1.54) is 12.1 Å². The molecule has 3 atom stereocenters. The Morgan fingerprint density at radius 3 is 1.67 bits per heavy atom. The van der Waals surface area contributed by atoms with E-state index in [2.05, 4.69) is 16.0 Å². The first-order chi connectivity index (χ1) is 20.1. The molecular weight excluding hydrogens is 538 g/mol. The number of carbonyl (C=O) groups is 4. The molecule has 10 nitrogen and oxygen atoms in total. The molecule has 0 saturated heterocycles. The Labute approximate surface area is 245 Å². The Kier molecular flexibility index (Phi) is 11.9. The first-order valence-corrected chi connectivity index (χ1v) is 13.7. The zero-order valence-electron chi connectivity index (χ0n) is 23.7. The number of benzene rings is 3. The predicted octanol–water partition coefficient (Wildman–Crippen LogP) is 3.57. The van der Waals surface area contributed by atoms with E-state index in [1.807, 2.05) is 38.1 Å². The highest BCUT2D eigenvalue weighted by Gasteiger charge is 2.30. The van der Waals surface area contributed by atoms with Crippen LogP contribution < -0.4 is 16.0 Å². The number of amides is 3. The maximum absolute atomic E-state index is 13.6. The molecule has 0 aliphatic rings. The molecule has 0 heterocycles. The van der Waals surface area contributed by atoms with Crippen molar-refractivity contribution < 1.29 is 34.1 Å². The van der Waals surface area contributed by atoms with Gasteiger partial charge in [-0.15, -0.1) is 0 Å². The highest BCUT2D eigenvalue weighted by Crippen LogP contribution is 2.13. The molecule has 0 aromatic heterocycles. The average molecular weight is 576 g/mol. The molecule has 0 saturated carbocycles. The minimum Gasteiger partial charge on any atom is -0.508 e. The summed E-state index contributed by atoms with van der Waals surface area (Å²) in [6, 6.07) is 20.8. The third kappa shape index (κ3) is 10.6. The number of phenols is 1. The summed E-state index contributed by atoms with van der Waals surface area (Å²) in [7, 11) is 0. The average Bonchev–Trinajstić information content (AvgIpc) is 2.97. The van der Waals surface area contributed by atoms with E-state index >= 15 is 0 Å². The fourth-order valence-corrected chi connectivity index (χ4v) is 4.28. The zero-order valence-corrected chi connectivity index (χ0v) is 23.7. The van der Waals surface area contributed by atoms with Gasteiger partial charge in [-0.05, 0) is 41.2 Å². The van der Waals surface area contributed by atoms with Gasteiger partial charge in [-0.1, -0.05) is 86.6 Å². The number of nitrogens with one attached hydrogen (secondary N) is 3. The van der Waals surface area contributed by atoms with Gasteiger partial charge in [-0.3, -0.25) is 9.59 Å². The topological polar surface area (TPSA) is 154 Å². The maximum atomic E-state index is 13.6. The van der Waals surface area contributed by atoms with Crippen LogP contribution in [0, 0.1) is 5.92 Å². The van der Waals surface area contributed by atoms with Gasteiger partial charge in [-0.2, -0.15) is 0 Å². The lowest BCUT2D eigenvalue weighted by Crippen LogP contribution is -2.57. The van der Waals surface area contributed by atoms with Gasteiger partial charge in [0.1, 0.15) is 30.5 Å². The van der Waals surface area contributed by atoms with Crippen molar-refractivity contribution >= 4 is 23.9 Å². The monoisotopic (exact) mass is 575 g/mol. The number of carboxylic acids is 1. The molecule has 3 rings (SSSR count). The molecular formula is C32H37N3O7. The van der Waals surface area contributed by atoms with Crippen LogP contribution in [0.25, 0.3) is 0 Å². The smallest absolute Gasteiger partial charge is 0.408 e. The third-order valence-corrected chi connectivity index (χ3v) is 6.43. The Hall–Kier alpha value is -4.86. The van der Waals surface area contributed by atoms with Gasteiger partial charge in [-0.25, -0.2) is 9.59 Å². The fraction of sp³-hybridized carbons (Fsp3) is 0.312. The maximum Gasteiger partial charge on any atom is 0.408 e. The molecule has 3 aromatic carbocycles. The first kappa shape index (κ1) is 31.7. The van der Waals surface area contributed by atoms with E-state index < -0.39 is 42.0 Å². The Morgan fingerprint density at radius 2 is 1.14 bits per heavy atom. The summed E-state index contributed by atoms with van der Waals surface area (Å²) in [5, 5.41) is 27.1. The van der Waals surface area contributed by atoms with Crippen LogP contribution in [0.1, 0.15) is 37.0 Å². The molecule has 42 heavy (non-hydrogen) atoms. The molecule has 0 aliphatic carbocycles. The van der Waals surface area contributed by atoms with Crippen molar-refractivity contribution in [2.75, 3.05) is 0 Å². The van der Waals surface area contributed by atoms with Gasteiger partial charge in [0.05, 0.1) is 0 Å². The summed E-state index contributed by atoms with van der Waals surface area (Å²) in [6.07, 6.45) is -0.482. The number of ether oxygens (including phenoxy) is 1. The van der Waals surface area contributed by atoms with Crippen LogP contribution in [0.5, 0.6) is 5.75 Å². The van der Waals surface area contributed by atoms with Crippen LogP contribution >= 0.6 is 0 Å². The third-order valence-electron chi connectivity index (χ3n) is 6.43. The number of aromatic hydroxyl groups is 1. The van der Waals surface area contributed by atoms with Crippen molar-refractivity contribution in [1.82, 2.24) is 16.0 Å². The lowest BCUT2D eigenvalue weighted by Gasteiger charge is -2.25. The van der Waals surface area contributed by atoms with Crippen LogP contribution in [-0.4, -0.2) is 52.2 Å². The highest BCUT2D eigenvalue weighted by atomic mass is 16.5. The second kappa shape index (κ2) is 15.8. The van der Waals surface area contributed by atoms with Crippen molar-refractivity contribution in [2.45, 2.75) is 57.8 Å². The van der Waals surface area contributed by atoms with E-state index in [1.54, 1.807) is 48.5 Å². The van der Waals surface area contributed by atoms with Crippen LogP contribution in [-0.2, 0) is 38.6 Å². The summed E-state index contributed by atoms with van der Waals surface area (Å²) in [5.74, 6) is -2.44. The molecule has 0 fully saturated rings. The lowest BCUT2D eigenvalue weighted by atomic mass is 10.0. The van der Waals surface area contributed by atoms with E-state index in [9.17, 15) is 29.4 Å². The summed E-state index contributed by atoms with van der Waals surface area (Å²) >= 11 is 0. The van der Waals surface area contributed by atoms with Gasteiger partial charge in [0.2, 0.25) is 11.8 Å². The van der Waals surface area contributed by atoms with E-state index in [0.29, 0.717) is 5.56 Å². The van der Waals surface area contributed by atoms with Gasteiger partial charge in [0, 0.05) is 12.8 Å². The second-order valence-corrected chi connectivity index (χ2v) is 10.4. The summed E-state index contributed by atoms with van der Waals surface area (Å²) in [5.41, 5.74) is 2.16. The minimum atomic E-state index is -1.17. The van der Waals surface area contributed by atoms with Crippen molar-refractivity contribution in [1.29, 1.82) is 0 Å². The second-order valence-electron chi connectivity index (χ2n) is 10.4. The Bertz CT molecular complexity index is 1310.